The fourth-order valence-electron chi connectivity index (χ4n) is 2.23. The van der Waals surface area contributed by atoms with Crippen molar-refractivity contribution < 1.29 is 5.11 Å². The Bertz CT molecular complexity index is 994. The highest BCUT2D eigenvalue weighted by atomic mass is 79.9. The van der Waals surface area contributed by atoms with Gasteiger partial charge in [0.15, 0.2) is 11.3 Å². The molecule has 22 heavy (non-hydrogen) atoms. The molecule has 0 saturated heterocycles. The summed E-state index contributed by atoms with van der Waals surface area (Å²) >= 11 is 8.99. The molecule has 0 radical (unpaired) electrons. The molecule has 5 nitrogen and oxygen atoms in total. The molecule has 2 heterocycles. The standard InChI is InChI=1S/C15H10BrClN2O3/c16-11-8-18-4-5-19(7-9-2-1-3-10(17)6-9)15(22)12(18)14(21)13(11)20/h1-6,8,21H,7H2. The first-order chi connectivity index (χ1) is 10.5. The van der Waals surface area contributed by atoms with Gasteiger partial charge in [0.25, 0.3) is 5.56 Å². The average molecular weight is 382 g/mol. The van der Waals surface area contributed by atoms with E-state index >= 15 is 0 Å². The van der Waals surface area contributed by atoms with Gasteiger partial charge < -0.3 is 14.1 Å². The molecule has 0 spiro atoms. The number of aromatic nitrogens is 2. The molecule has 1 aromatic carbocycles. The molecule has 2 aromatic heterocycles. The lowest BCUT2D eigenvalue weighted by Gasteiger charge is -2.10. The Balaban J connectivity index is 2.19. The van der Waals surface area contributed by atoms with Crippen molar-refractivity contribution in [3.63, 3.8) is 0 Å². The van der Waals surface area contributed by atoms with Crippen molar-refractivity contribution >= 4 is 33.0 Å². The highest BCUT2D eigenvalue weighted by molar-refractivity contribution is 9.10. The Morgan fingerprint density at radius 1 is 1.23 bits per heavy atom. The van der Waals surface area contributed by atoms with Crippen molar-refractivity contribution in [1.82, 2.24) is 8.97 Å². The maximum absolute atomic E-state index is 12.5. The van der Waals surface area contributed by atoms with Gasteiger partial charge in [-0.1, -0.05) is 23.7 Å². The Labute approximate surface area is 138 Å². The Kier molecular flexibility index (Phi) is 3.80. The van der Waals surface area contributed by atoms with Crippen LogP contribution in [-0.4, -0.2) is 14.1 Å². The van der Waals surface area contributed by atoms with Crippen LogP contribution in [0.2, 0.25) is 5.02 Å². The van der Waals surface area contributed by atoms with E-state index in [0.29, 0.717) is 11.6 Å². The smallest absolute Gasteiger partial charge is 0.279 e. The SMILES string of the molecule is O=c1c(Br)cn2ccn(Cc3cccc(Cl)c3)c(=O)c2c1O. The number of rotatable bonds is 2. The second-order valence-corrected chi connectivity index (χ2v) is 6.06. The van der Waals surface area contributed by atoms with Gasteiger partial charge in [0.05, 0.1) is 11.0 Å². The van der Waals surface area contributed by atoms with Crippen LogP contribution in [0, 0.1) is 0 Å². The molecule has 0 amide bonds. The number of fused-ring (bicyclic) bond motifs is 1. The summed E-state index contributed by atoms with van der Waals surface area (Å²) in [5.41, 5.74) is -0.280. The van der Waals surface area contributed by atoms with Crippen molar-refractivity contribution in [2.75, 3.05) is 0 Å². The zero-order valence-corrected chi connectivity index (χ0v) is 13.5. The number of pyridine rings is 1. The minimum atomic E-state index is -0.613. The first-order valence-electron chi connectivity index (χ1n) is 6.34. The van der Waals surface area contributed by atoms with Gasteiger partial charge in [0.1, 0.15) is 0 Å². The fraction of sp³-hybridized carbons (Fsp3) is 0.0667. The maximum Gasteiger partial charge on any atom is 0.279 e. The topological polar surface area (TPSA) is 63.7 Å². The zero-order valence-electron chi connectivity index (χ0n) is 11.2. The van der Waals surface area contributed by atoms with Gasteiger partial charge in [0, 0.05) is 23.6 Å². The van der Waals surface area contributed by atoms with E-state index in [0.717, 1.165) is 5.56 Å². The lowest BCUT2D eigenvalue weighted by atomic mass is 10.2. The minimum Gasteiger partial charge on any atom is -0.503 e. The van der Waals surface area contributed by atoms with E-state index in [1.807, 2.05) is 6.07 Å². The molecule has 0 saturated carbocycles. The van der Waals surface area contributed by atoms with Crippen LogP contribution in [-0.2, 0) is 6.54 Å². The van der Waals surface area contributed by atoms with E-state index in [2.05, 4.69) is 15.9 Å². The van der Waals surface area contributed by atoms with Crippen molar-refractivity contribution in [1.29, 1.82) is 0 Å². The molecule has 0 aliphatic heterocycles. The molecule has 3 aromatic rings. The van der Waals surface area contributed by atoms with Gasteiger partial charge in [-0.25, -0.2) is 0 Å². The number of halogens is 2. The highest BCUT2D eigenvalue weighted by Gasteiger charge is 2.13. The average Bonchev–Trinajstić information content (AvgIpc) is 2.48. The predicted molar refractivity (Wildman–Crippen MR) is 87.8 cm³/mol. The molecule has 0 unspecified atom stereocenters. The van der Waals surface area contributed by atoms with Crippen LogP contribution in [0.4, 0.5) is 0 Å². The second-order valence-electron chi connectivity index (χ2n) is 4.77. The molecule has 0 aliphatic carbocycles. The predicted octanol–water partition coefficient (Wildman–Crippen LogP) is 2.63. The number of benzene rings is 1. The molecule has 112 valence electrons. The Morgan fingerprint density at radius 3 is 2.73 bits per heavy atom. The van der Waals surface area contributed by atoms with Crippen molar-refractivity contribution in [2.45, 2.75) is 6.54 Å². The largest absolute Gasteiger partial charge is 0.503 e. The number of nitrogens with zero attached hydrogens (tertiary/aromatic N) is 2. The summed E-state index contributed by atoms with van der Waals surface area (Å²) in [5.74, 6) is -0.570. The van der Waals surface area contributed by atoms with Crippen LogP contribution in [0.15, 0.2) is 56.9 Å². The van der Waals surface area contributed by atoms with Gasteiger partial charge in [-0.3, -0.25) is 9.59 Å². The van der Waals surface area contributed by atoms with E-state index in [1.165, 1.54) is 15.2 Å². The zero-order chi connectivity index (χ0) is 15.9. The van der Waals surface area contributed by atoms with Gasteiger partial charge >= 0.3 is 0 Å². The molecule has 0 aliphatic rings. The minimum absolute atomic E-state index is 0.0577. The van der Waals surface area contributed by atoms with Crippen LogP contribution in [0.25, 0.3) is 5.52 Å². The maximum atomic E-state index is 12.5. The lowest BCUT2D eigenvalue weighted by molar-refractivity contribution is 0.471. The number of hydrogen-bond donors (Lipinski definition) is 1. The summed E-state index contributed by atoms with van der Waals surface area (Å²) in [6, 6.07) is 7.14. The normalized spacial score (nSPS) is 11.0. The lowest BCUT2D eigenvalue weighted by Crippen LogP contribution is -2.24. The molecule has 7 heteroatoms. The number of aromatic hydroxyl groups is 1. The fourth-order valence-corrected chi connectivity index (χ4v) is 2.85. The summed E-state index contributed by atoms with van der Waals surface area (Å²) < 4.78 is 3.01. The van der Waals surface area contributed by atoms with E-state index in [9.17, 15) is 14.7 Å². The summed E-state index contributed by atoms with van der Waals surface area (Å²) in [5, 5.41) is 10.5. The third kappa shape index (κ3) is 2.55. The van der Waals surface area contributed by atoms with Crippen molar-refractivity contribution in [3.05, 3.63) is 78.5 Å². The molecule has 3 rings (SSSR count). The first-order valence-corrected chi connectivity index (χ1v) is 7.52. The highest BCUT2D eigenvalue weighted by Crippen LogP contribution is 2.15. The first kappa shape index (κ1) is 14.9. The van der Waals surface area contributed by atoms with Crippen LogP contribution in [0.1, 0.15) is 5.56 Å². The van der Waals surface area contributed by atoms with Gasteiger partial charge in [-0.2, -0.15) is 0 Å². The van der Waals surface area contributed by atoms with Crippen molar-refractivity contribution in [2.24, 2.45) is 0 Å². The van der Waals surface area contributed by atoms with E-state index in [4.69, 9.17) is 11.6 Å². The number of hydrogen-bond acceptors (Lipinski definition) is 3. The Morgan fingerprint density at radius 2 is 2.00 bits per heavy atom. The van der Waals surface area contributed by atoms with E-state index in [-0.39, 0.29) is 9.99 Å². The quantitative estimate of drug-likeness (QED) is 0.742. The third-order valence-corrected chi connectivity index (χ3v) is 4.08. The molecule has 0 fully saturated rings. The molecule has 0 bridgehead atoms. The molecular weight excluding hydrogens is 372 g/mol. The molecular formula is C15H10BrClN2O3. The van der Waals surface area contributed by atoms with E-state index < -0.39 is 16.7 Å². The van der Waals surface area contributed by atoms with Crippen molar-refractivity contribution in [3.8, 4) is 5.75 Å². The molecule has 1 N–H and O–H groups in total. The van der Waals surface area contributed by atoms with Gasteiger partial charge in [-0.15, -0.1) is 0 Å². The van der Waals surface area contributed by atoms with Gasteiger partial charge in [0.2, 0.25) is 5.43 Å². The van der Waals surface area contributed by atoms with Gasteiger partial charge in [-0.05, 0) is 33.6 Å². The van der Waals surface area contributed by atoms with Crippen LogP contribution >= 0.6 is 27.5 Å². The Hall–Kier alpha value is -2.05. The van der Waals surface area contributed by atoms with Crippen LogP contribution < -0.4 is 11.0 Å². The van der Waals surface area contributed by atoms with Crippen LogP contribution in [0.5, 0.6) is 5.75 Å². The van der Waals surface area contributed by atoms with E-state index in [1.54, 1.807) is 30.6 Å². The summed E-state index contributed by atoms with van der Waals surface area (Å²) in [4.78, 5) is 24.3. The van der Waals surface area contributed by atoms with Crippen LogP contribution in [0.3, 0.4) is 0 Å². The summed E-state index contributed by atoms with van der Waals surface area (Å²) in [6.45, 7) is 0.291. The second kappa shape index (κ2) is 5.62. The monoisotopic (exact) mass is 380 g/mol. The summed E-state index contributed by atoms with van der Waals surface area (Å²) in [7, 11) is 0. The third-order valence-electron chi connectivity index (χ3n) is 3.28. The molecule has 0 atom stereocenters. The summed E-state index contributed by atoms with van der Waals surface area (Å²) in [6.07, 6.45) is 4.64.